The van der Waals surface area contributed by atoms with Crippen molar-refractivity contribution in [1.29, 1.82) is 0 Å². The number of likely N-dealkylation sites (N-methyl/N-ethyl adjacent to an activating group) is 1. The third-order valence-electron chi connectivity index (χ3n) is 1.98. The van der Waals surface area contributed by atoms with E-state index in [1.54, 1.807) is 0 Å². The van der Waals surface area contributed by atoms with Gasteiger partial charge in [-0.3, -0.25) is 4.90 Å². The summed E-state index contributed by atoms with van der Waals surface area (Å²) in [5, 5.41) is 0. The molecule has 0 aromatic heterocycles. The van der Waals surface area contributed by atoms with Gasteiger partial charge in [0, 0.05) is 32.2 Å². The van der Waals surface area contributed by atoms with E-state index in [4.69, 9.17) is 5.73 Å². The van der Waals surface area contributed by atoms with Crippen molar-refractivity contribution < 1.29 is 0 Å². The molecule has 0 atom stereocenters. The number of hydrogen-bond donors (Lipinski definition) is 1. The van der Waals surface area contributed by atoms with Gasteiger partial charge in [-0.1, -0.05) is 0 Å². The average Bonchev–Trinajstić information content (AvgIpc) is 1.96. The summed E-state index contributed by atoms with van der Waals surface area (Å²) < 4.78 is 0. The second-order valence-corrected chi connectivity index (χ2v) is 3.72. The van der Waals surface area contributed by atoms with Crippen LogP contribution in [-0.2, 0) is 0 Å². The van der Waals surface area contributed by atoms with Crippen LogP contribution >= 0.6 is 0 Å². The highest BCUT2D eigenvalue weighted by Gasteiger charge is 2.07. The third-order valence-corrected chi connectivity index (χ3v) is 1.98. The summed E-state index contributed by atoms with van der Waals surface area (Å²) in [6.07, 6.45) is 0. The summed E-state index contributed by atoms with van der Waals surface area (Å²) >= 11 is 0. The molecule has 3 heteroatoms. The summed E-state index contributed by atoms with van der Waals surface area (Å²) in [5.41, 5.74) is 5.52. The molecule has 0 rings (SSSR count). The van der Waals surface area contributed by atoms with Gasteiger partial charge in [-0.05, 0) is 27.9 Å². The summed E-state index contributed by atoms with van der Waals surface area (Å²) in [6, 6.07) is 0.605. The van der Waals surface area contributed by atoms with Crippen molar-refractivity contribution in [3.8, 4) is 0 Å². The van der Waals surface area contributed by atoms with Crippen molar-refractivity contribution in [3.05, 3.63) is 0 Å². The van der Waals surface area contributed by atoms with Crippen LogP contribution in [0.2, 0.25) is 0 Å². The molecule has 0 radical (unpaired) electrons. The van der Waals surface area contributed by atoms with Crippen molar-refractivity contribution >= 4 is 0 Å². The van der Waals surface area contributed by atoms with Gasteiger partial charge in [-0.15, -0.1) is 0 Å². The molecule has 12 heavy (non-hydrogen) atoms. The minimum absolute atomic E-state index is 0.605. The van der Waals surface area contributed by atoms with Crippen LogP contribution in [0, 0.1) is 0 Å². The van der Waals surface area contributed by atoms with Gasteiger partial charge < -0.3 is 10.6 Å². The first-order valence-corrected chi connectivity index (χ1v) is 4.66. The molecule has 0 heterocycles. The van der Waals surface area contributed by atoms with Crippen LogP contribution in [0.25, 0.3) is 0 Å². The normalized spacial score (nSPS) is 12.0. The molecule has 0 amide bonds. The van der Waals surface area contributed by atoms with E-state index in [-0.39, 0.29) is 0 Å². The van der Waals surface area contributed by atoms with Crippen LogP contribution in [0.15, 0.2) is 0 Å². The number of rotatable bonds is 6. The van der Waals surface area contributed by atoms with Gasteiger partial charge in [0.2, 0.25) is 0 Å². The molecule has 0 fully saturated rings. The predicted molar refractivity (Wildman–Crippen MR) is 54.3 cm³/mol. The Morgan fingerprint density at radius 1 is 1.08 bits per heavy atom. The first-order valence-electron chi connectivity index (χ1n) is 4.66. The Balaban J connectivity index is 3.63. The first kappa shape index (κ1) is 11.9. The van der Waals surface area contributed by atoms with Crippen LogP contribution < -0.4 is 5.73 Å². The van der Waals surface area contributed by atoms with Crippen molar-refractivity contribution in [3.63, 3.8) is 0 Å². The van der Waals surface area contributed by atoms with E-state index in [9.17, 15) is 0 Å². The minimum atomic E-state index is 0.605. The molecule has 0 aliphatic carbocycles. The Morgan fingerprint density at radius 2 is 1.67 bits per heavy atom. The second kappa shape index (κ2) is 6.40. The van der Waals surface area contributed by atoms with E-state index in [0.29, 0.717) is 6.04 Å². The zero-order chi connectivity index (χ0) is 9.56. The fourth-order valence-electron chi connectivity index (χ4n) is 1.12. The Morgan fingerprint density at radius 3 is 2.00 bits per heavy atom. The average molecular weight is 173 g/mol. The molecule has 0 aromatic carbocycles. The Hall–Kier alpha value is -0.120. The topological polar surface area (TPSA) is 32.5 Å². The van der Waals surface area contributed by atoms with Gasteiger partial charge in [-0.25, -0.2) is 0 Å². The molecule has 0 bridgehead atoms. The predicted octanol–water partition coefficient (Wildman–Crippen LogP) is 0.217. The molecular formula is C9H23N3. The van der Waals surface area contributed by atoms with E-state index in [1.807, 2.05) is 0 Å². The molecule has 0 aromatic rings. The Kier molecular flexibility index (Phi) is 6.34. The second-order valence-electron chi connectivity index (χ2n) is 3.72. The molecule has 3 nitrogen and oxygen atoms in total. The van der Waals surface area contributed by atoms with Gasteiger partial charge in [0.1, 0.15) is 0 Å². The molecule has 74 valence electrons. The molecule has 0 saturated heterocycles. The van der Waals surface area contributed by atoms with Crippen LogP contribution in [-0.4, -0.2) is 56.1 Å². The summed E-state index contributed by atoms with van der Waals surface area (Å²) in [4.78, 5) is 4.60. The lowest BCUT2D eigenvalue weighted by atomic mass is 10.3. The summed E-state index contributed by atoms with van der Waals surface area (Å²) in [6.45, 7) is 8.41. The molecule has 0 aliphatic rings. The largest absolute Gasteiger partial charge is 0.329 e. The van der Waals surface area contributed by atoms with Crippen molar-refractivity contribution in [2.75, 3.05) is 40.3 Å². The maximum atomic E-state index is 5.52. The standard InChI is InChI=1S/C9H23N3/c1-9(2)12(6-5-10)8-7-11(3)4/h9H,5-8,10H2,1-4H3. The Labute approximate surface area is 76.5 Å². The summed E-state index contributed by atoms with van der Waals surface area (Å²) in [7, 11) is 4.20. The minimum Gasteiger partial charge on any atom is -0.329 e. The lowest BCUT2D eigenvalue weighted by molar-refractivity contribution is 0.204. The molecule has 0 aliphatic heterocycles. The molecular weight excluding hydrogens is 150 g/mol. The highest BCUT2D eigenvalue weighted by Crippen LogP contribution is 1.96. The number of hydrogen-bond acceptors (Lipinski definition) is 3. The van der Waals surface area contributed by atoms with Crippen molar-refractivity contribution in [1.82, 2.24) is 9.80 Å². The fourth-order valence-corrected chi connectivity index (χ4v) is 1.12. The van der Waals surface area contributed by atoms with Crippen molar-refractivity contribution in [2.45, 2.75) is 19.9 Å². The highest BCUT2D eigenvalue weighted by atomic mass is 15.2. The van der Waals surface area contributed by atoms with Crippen LogP contribution in [0.4, 0.5) is 0 Å². The highest BCUT2D eigenvalue weighted by molar-refractivity contribution is 4.64. The quantitative estimate of drug-likeness (QED) is 0.623. The molecule has 2 N–H and O–H groups in total. The molecule has 0 unspecified atom stereocenters. The maximum absolute atomic E-state index is 5.52. The smallest absolute Gasteiger partial charge is 0.0112 e. The zero-order valence-corrected chi connectivity index (χ0v) is 8.88. The van der Waals surface area contributed by atoms with Gasteiger partial charge in [0.05, 0.1) is 0 Å². The number of nitrogens with two attached hydrogens (primary N) is 1. The first-order chi connectivity index (χ1) is 5.57. The summed E-state index contributed by atoms with van der Waals surface area (Å²) in [5.74, 6) is 0. The van der Waals surface area contributed by atoms with Crippen LogP contribution in [0.5, 0.6) is 0 Å². The monoisotopic (exact) mass is 173 g/mol. The van der Waals surface area contributed by atoms with E-state index >= 15 is 0 Å². The lowest BCUT2D eigenvalue weighted by Gasteiger charge is -2.27. The lowest BCUT2D eigenvalue weighted by Crippen LogP contribution is -2.39. The van der Waals surface area contributed by atoms with Gasteiger partial charge in [0.25, 0.3) is 0 Å². The molecule has 0 saturated carbocycles. The van der Waals surface area contributed by atoms with E-state index < -0.39 is 0 Å². The Bertz CT molecular complexity index is 102. The van der Waals surface area contributed by atoms with E-state index in [0.717, 1.165) is 26.2 Å². The third kappa shape index (κ3) is 5.52. The van der Waals surface area contributed by atoms with Crippen LogP contribution in [0.1, 0.15) is 13.8 Å². The van der Waals surface area contributed by atoms with E-state index in [2.05, 4.69) is 37.7 Å². The van der Waals surface area contributed by atoms with Gasteiger partial charge >= 0.3 is 0 Å². The van der Waals surface area contributed by atoms with E-state index in [1.165, 1.54) is 0 Å². The van der Waals surface area contributed by atoms with Gasteiger partial charge in [0.15, 0.2) is 0 Å². The van der Waals surface area contributed by atoms with Gasteiger partial charge in [-0.2, -0.15) is 0 Å². The van der Waals surface area contributed by atoms with Crippen molar-refractivity contribution in [2.24, 2.45) is 5.73 Å². The SMILES string of the molecule is CC(C)N(CCN)CCN(C)C. The fraction of sp³-hybridized carbons (Fsp3) is 1.00. The zero-order valence-electron chi connectivity index (χ0n) is 8.88. The molecule has 0 spiro atoms. The maximum Gasteiger partial charge on any atom is 0.0112 e. The number of nitrogens with zero attached hydrogens (tertiary/aromatic N) is 2. The van der Waals surface area contributed by atoms with Crippen LogP contribution in [0.3, 0.4) is 0 Å².